The van der Waals surface area contributed by atoms with Gasteiger partial charge < -0.3 is 5.32 Å². The highest BCUT2D eigenvalue weighted by Gasteiger charge is 2.12. The summed E-state index contributed by atoms with van der Waals surface area (Å²) in [5, 5.41) is 2.82. The van der Waals surface area contributed by atoms with Gasteiger partial charge in [-0.3, -0.25) is 4.79 Å². The zero-order chi connectivity index (χ0) is 13.8. The molecule has 1 amide bonds. The molecule has 1 aromatic heterocycles. The molecule has 2 aromatic rings. The molecule has 0 spiro atoms. The summed E-state index contributed by atoms with van der Waals surface area (Å²) < 4.78 is 0. The van der Waals surface area contributed by atoms with Crippen molar-refractivity contribution < 1.29 is 4.79 Å². The Balaban J connectivity index is 2.18. The van der Waals surface area contributed by atoms with E-state index in [2.05, 4.69) is 15.3 Å². The van der Waals surface area contributed by atoms with Crippen molar-refractivity contribution in [2.45, 2.75) is 4.90 Å². The maximum absolute atomic E-state index is 12.0. The first-order valence-corrected chi connectivity index (χ1v) is 7.21. The van der Waals surface area contributed by atoms with E-state index in [1.54, 1.807) is 23.9 Å². The highest BCUT2D eigenvalue weighted by atomic mass is 35.5. The number of thioether (sulfide) groups is 1. The maximum atomic E-state index is 12.0. The first kappa shape index (κ1) is 14.1. The minimum Gasteiger partial charge on any atom is -0.305 e. The Morgan fingerprint density at radius 3 is 2.53 bits per heavy atom. The van der Waals surface area contributed by atoms with Gasteiger partial charge in [0.2, 0.25) is 0 Å². The molecule has 0 radical (unpaired) electrons. The van der Waals surface area contributed by atoms with Crippen LogP contribution in [0.1, 0.15) is 10.4 Å². The van der Waals surface area contributed by atoms with Crippen LogP contribution in [0.3, 0.4) is 0 Å². The van der Waals surface area contributed by atoms with Crippen LogP contribution in [0.25, 0.3) is 0 Å². The lowest BCUT2D eigenvalue weighted by Crippen LogP contribution is -2.13. The first-order chi connectivity index (χ1) is 9.11. The molecule has 0 aliphatic heterocycles. The van der Waals surface area contributed by atoms with Gasteiger partial charge in [-0.25, -0.2) is 9.97 Å². The third-order valence-electron chi connectivity index (χ3n) is 2.33. The minimum absolute atomic E-state index is 0.102. The lowest BCUT2D eigenvalue weighted by molar-refractivity contribution is 0.102. The zero-order valence-electron chi connectivity index (χ0n) is 9.85. The van der Waals surface area contributed by atoms with E-state index in [1.807, 2.05) is 18.4 Å². The number of nitrogens with zero attached hydrogens (tertiary/aromatic N) is 2. The van der Waals surface area contributed by atoms with E-state index in [4.69, 9.17) is 23.2 Å². The van der Waals surface area contributed by atoms with Crippen molar-refractivity contribution in [2.24, 2.45) is 0 Å². The maximum Gasteiger partial charge on any atom is 0.256 e. The molecule has 0 unspecified atom stereocenters. The molecule has 1 aromatic carbocycles. The van der Waals surface area contributed by atoms with Crippen molar-refractivity contribution in [3.05, 3.63) is 46.3 Å². The van der Waals surface area contributed by atoms with Gasteiger partial charge in [-0.15, -0.1) is 11.8 Å². The number of carbonyl (C=O) groups is 1. The second kappa shape index (κ2) is 6.23. The van der Waals surface area contributed by atoms with E-state index in [-0.39, 0.29) is 21.9 Å². The summed E-state index contributed by atoms with van der Waals surface area (Å²) in [5.74, 6) is -0.107. The largest absolute Gasteiger partial charge is 0.305 e. The Morgan fingerprint density at radius 2 is 1.89 bits per heavy atom. The van der Waals surface area contributed by atoms with Gasteiger partial charge in [-0.2, -0.15) is 0 Å². The Kier molecular flexibility index (Phi) is 4.63. The molecule has 2 rings (SSSR count). The topological polar surface area (TPSA) is 54.9 Å². The quantitative estimate of drug-likeness (QED) is 0.692. The van der Waals surface area contributed by atoms with Gasteiger partial charge in [-0.05, 0) is 30.5 Å². The van der Waals surface area contributed by atoms with E-state index in [9.17, 15) is 4.79 Å². The van der Waals surface area contributed by atoms with Crippen LogP contribution < -0.4 is 5.32 Å². The van der Waals surface area contributed by atoms with Crippen LogP contribution >= 0.6 is 35.0 Å². The summed E-state index contributed by atoms with van der Waals surface area (Å²) in [4.78, 5) is 20.7. The summed E-state index contributed by atoms with van der Waals surface area (Å²) in [6.45, 7) is 0. The first-order valence-electron chi connectivity index (χ1n) is 5.23. The number of rotatable bonds is 3. The molecular weight excluding hydrogens is 305 g/mol. The molecule has 0 aliphatic rings. The van der Waals surface area contributed by atoms with Crippen LogP contribution in [-0.2, 0) is 0 Å². The van der Waals surface area contributed by atoms with E-state index < -0.39 is 0 Å². The monoisotopic (exact) mass is 313 g/mol. The number of hydrogen-bond donors (Lipinski definition) is 1. The molecule has 19 heavy (non-hydrogen) atoms. The Hall–Kier alpha value is -1.30. The van der Waals surface area contributed by atoms with Gasteiger partial charge in [0.25, 0.3) is 5.91 Å². The van der Waals surface area contributed by atoms with Crippen LogP contribution in [-0.4, -0.2) is 22.1 Å². The lowest BCUT2D eigenvalue weighted by atomic mass is 10.2. The average Bonchev–Trinajstić information content (AvgIpc) is 2.44. The minimum atomic E-state index is -0.302. The molecule has 0 bridgehead atoms. The molecule has 98 valence electrons. The molecule has 0 fully saturated rings. The van der Waals surface area contributed by atoms with Gasteiger partial charge in [0.05, 0.1) is 0 Å². The fourth-order valence-electron chi connectivity index (χ4n) is 1.36. The van der Waals surface area contributed by atoms with Gasteiger partial charge in [0.15, 0.2) is 11.0 Å². The van der Waals surface area contributed by atoms with Crippen LogP contribution in [0.5, 0.6) is 0 Å². The van der Waals surface area contributed by atoms with E-state index in [1.165, 1.54) is 6.33 Å². The predicted molar refractivity (Wildman–Crippen MR) is 78.2 cm³/mol. The molecule has 0 saturated heterocycles. The fourth-order valence-corrected chi connectivity index (χ4v) is 2.04. The summed E-state index contributed by atoms with van der Waals surface area (Å²) in [5.41, 5.74) is 0.517. The standard InChI is InChI=1S/C12H9Cl2N3OS/c1-19-8-4-2-7(3-5-8)12(18)17-11-9(13)10(14)15-6-16-11/h2-6H,1H3,(H,15,16,17,18). The van der Waals surface area contributed by atoms with Crippen LogP contribution in [0, 0.1) is 0 Å². The normalized spacial score (nSPS) is 10.3. The Morgan fingerprint density at radius 1 is 1.21 bits per heavy atom. The molecule has 0 saturated carbocycles. The predicted octanol–water partition coefficient (Wildman–Crippen LogP) is 3.76. The molecule has 4 nitrogen and oxygen atoms in total. The Bertz CT molecular complexity index is 604. The molecule has 7 heteroatoms. The smallest absolute Gasteiger partial charge is 0.256 e. The van der Waals surface area contributed by atoms with Crippen molar-refractivity contribution >= 4 is 46.7 Å². The molecular formula is C12H9Cl2N3OS. The van der Waals surface area contributed by atoms with Crippen molar-refractivity contribution in [2.75, 3.05) is 11.6 Å². The van der Waals surface area contributed by atoms with E-state index in [0.29, 0.717) is 5.56 Å². The average molecular weight is 314 g/mol. The summed E-state index contributed by atoms with van der Waals surface area (Å²) in [7, 11) is 0. The zero-order valence-corrected chi connectivity index (χ0v) is 12.2. The summed E-state index contributed by atoms with van der Waals surface area (Å²) in [6.07, 6.45) is 3.21. The molecule has 1 heterocycles. The highest BCUT2D eigenvalue weighted by molar-refractivity contribution is 7.98. The van der Waals surface area contributed by atoms with Crippen molar-refractivity contribution in [1.82, 2.24) is 9.97 Å². The van der Waals surface area contributed by atoms with Crippen LogP contribution in [0.15, 0.2) is 35.5 Å². The number of hydrogen-bond acceptors (Lipinski definition) is 4. The SMILES string of the molecule is CSc1ccc(C(=O)Nc2ncnc(Cl)c2Cl)cc1. The van der Waals surface area contributed by atoms with Crippen molar-refractivity contribution in [3.8, 4) is 0 Å². The number of nitrogens with one attached hydrogen (secondary N) is 1. The van der Waals surface area contributed by atoms with Crippen molar-refractivity contribution in [1.29, 1.82) is 0 Å². The van der Waals surface area contributed by atoms with Gasteiger partial charge in [-0.1, -0.05) is 23.2 Å². The summed E-state index contributed by atoms with van der Waals surface area (Å²) >= 11 is 13.2. The van der Waals surface area contributed by atoms with E-state index in [0.717, 1.165) is 4.90 Å². The van der Waals surface area contributed by atoms with Crippen molar-refractivity contribution in [3.63, 3.8) is 0 Å². The molecule has 0 atom stereocenters. The second-order valence-electron chi connectivity index (χ2n) is 3.51. The van der Waals surface area contributed by atoms with Gasteiger partial charge in [0, 0.05) is 10.5 Å². The fraction of sp³-hybridized carbons (Fsp3) is 0.0833. The van der Waals surface area contributed by atoms with Gasteiger partial charge in [0.1, 0.15) is 11.3 Å². The third-order valence-corrected chi connectivity index (χ3v) is 3.82. The van der Waals surface area contributed by atoms with Crippen LogP contribution in [0.2, 0.25) is 10.2 Å². The van der Waals surface area contributed by atoms with E-state index >= 15 is 0 Å². The molecule has 0 aliphatic carbocycles. The number of benzene rings is 1. The van der Waals surface area contributed by atoms with Crippen LogP contribution in [0.4, 0.5) is 5.82 Å². The number of anilines is 1. The number of carbonyl (C=O) groups excluding carboxylic acids is 1. The number of aromatic nitrogens is 2. The number of amides is 1. The third kappa shape index (κ3) is 3.37. The summed E-state index contributed by atoms with van der Waals surface area (Å²) in [6, 6.07) is 7.21. The molecule has 1 N–H and O–H groups in total. The number of halogens is 2. The highest BCUT2D eigenvalue weighted by Crippen LogP contribution is 2.25. The second-order valence-corrected chi connectivity index (χ2v) is 5.13. The van der Waals surface area contributed by atoms with Gasteiger partial charge >= 0.3 is 0 Å². The lowest BCUT2D eigenvalue weighted by Gasteiger charge is -2.06. The Labute approximate surface area is 124 Å².